The molecule has 0 heterocycles. The standard InChI is InChI=1S/C16H14O2/c17-13-8-6-12(7-9-13)16(18)15-10-14(15)11-4-2-1-3-5-11/h1-9,14-15,17H,10H2. The number of carbonyl (C=O) groups excluding carboxylic acids is 1. The van der Waals surface area contributed by atoms with E-state index in [2.05, 4.69) is 12.1 Å². The number of ketones is 1. The molecule has 0 spiro atoms. The summed E-state index contributed by atoms with van der Waals surface area (Å²) >= 11 is 0. The highest BCUT2D eigenvalue weighted by molar-refractivity contribution is 6.00. The lowest BCUT2D eigenvalue weighted by molar-refractivity contribution is 0.0965. The van der Waals surface area contributed by atoms with E-state index in [9.17, 15) is 9.90 Å². The summed E-state index contributed by atoms with van der Waals surface area (Å²) in [5.74, 6) is 0.857. The third kappa shape index (κ3) is 2.02. The number of aromatic hydroxyl groups is 1. The minimum Gasteiger partial charge on any atom is -0.508 e. The number of phenolic OH excluding ortho intramolecular Hbond substituents is 1. The van der Waals surface area contributed by atoms with Gasteiger partial charge in [-0.15, -0.1) is 0 Å². The molecule has 3 rings (SSSR count). The van der Waals surface area contributed by atoms with E-state index < -0.39 is 0 Å². The first kappa shape index (κ1) is 11.0. The third-order valence-electron chi connectivity index (χ3n) is 3.51. The van der Waals surface area contributed by atoms with Crippen LogP contribution in [0.3, 0.4) is 0 Å². The third-order valence-corrected chi connectivity index (χ3v) is 3.51. The number of Topliss-reactive ketones (excluding diaryl/α,β-unsaturated/α-hetero) is 1. The zero-order chi connectivity index (χ0) is 12.5. The van der Waals surface area contributed by atoms with Crippen molar-refractivity contribution in [3.63, 3.8) is 0 Å². The largest absolute Gasteiger partial charge is 0.508 e. The van der Waals surface area contributed by atoms with Crippen molar-refractivity contribution in [3.05, 3.63) is 65.7 Å². The monoisotopic (exact) mass is 238 g/mol. The van der Waals surface area contributed by atoms with E-state index in [0.717, 1.165) is 6.42 Å². The summed E-state index contributed by atoms with van der Waals surface area (Å²) in [7, 11) is 0. The van der Waals surface area contributed by atoms with Crippen molar-refractivity contribution in [1.82, 2.24) is 0 Å². The summed E-state index contributed by atoms with van der Waals surface area (Å²) in [6, 6.07) is 16.7. The molecule has 0 amide bonds. The van der Waals surface area contributed by atoms with Gasteiger partial charge in [0.25, 0.3) is 0 Å². The van der Waals surface area contributed by atoms with Gasteiger partial charge in [0.15, 0.2) is 5.78 Å². The van der Waals surface area contributed by atoms with Crippen molar-refractivity contribution in [3.8, 4) is 5.75 Å². The number of carbonyl (C=O) groups is 1. The van der Waals surface area contributed by atoms with Crippen LogP contribution in [0.25, 0.3) is 0 Å². The van der Waals surface area contributed by atoms with Gasteiger partial charge in [-0.25, -0.2) is 0 Å². The van der Waals surface area contributed by atoms with Crippen LogP contribution in [0.4, 0.5) is 0 Å². The molecule has 1 N–H and O–H groups in total. The summed E-state index contributed by atoms with van der Waals surface area (Å²) in [6.45, 7) is 0. The maximum Gasteiger partial charge on any atom is 0.166 e. The molecule has 2 unspecified atom stereocenters. The highest BCUT2D eigenvalue weighted by atomic mass is 16.3. The van der Waals surface area contributed by atoms with Crippen LogP contribution < -0.4 is 0 Å². The number of hydrogen-bond donors (Lipinski definition) is 1. The van der Waals surface area contributed by atoms with Crippen LogP contribution in [0.2, 0.25) is 0 Å². The van der Waals surface area contributed by atoms with Crippen molar-refractivity contribution >= 4 is 5.78 Å². The smallest absolute Gasteiger partial charge is 0.166 e. The van der Waals surface area contributed by atoms with Crippen LogP contribution in [0.15, 0.2) is 54.6 Å². The van der Waals surface area contributed by atoms with Crippen molar-refractivity contribution in [1.29, 1.82) is 0 Å². The SMILES string of the molecule is O=C(c1ccc(O)cc1)C1CC1c1ccccc1. The molecule has 1 fully saturated rings. The summed E-state index contributed by atoms with van der Waals surface area (Å²) in [6.07, 6.45) is 0.934. The Kier molecular flexibility index (Phi) is 2.63. The molecule has 0 bridgehead atoms. The molecule has 2 aromatic rings. The first-order chi connectivity index (χ1) is 8.75. The number of benzene rings is 2. The Morgan fingerprint density at radius 3 is 2.33 bits per heavy atom. The van der Waals surface area contributed by atoms with E-state index in [1.807, 2.05) is 18.2 Å². The van der Waals surface area contributed by atoms with E-state index in [4.69, 9.17) is 0 Å². The lowest BCUT2D eigenvalue weighted by Crippen LogP contribution is -2.02. The molecule has 0 radical (unpaired) electrons. The van der Waals surface area contributed by atoms with E-state index in [1.165, 1.54) is 5.56 Å². The van der Waals surface area contributed by atoms with E-state index in [1.54, 1.807) is 24.3 Å². The van der Waals surface area contributed by atoms with Gasteiger partial charge in [-0.3, -0.25) is 4.79 Å². The highest BCUT2D eigenvalue weighted by Crippen LogP contribution is 2.49. The molecule has 2 nitrogen and oxygen atoms in total. The molecule has 1 aliphatic rings. The van der Waals surface area contributed by atoms with Gasteiger partial charge < -0.3 is 5.11 Å². The molecule has 2 heteroatoms. The van der Waals surface area contributed by atoms with E-state index >= 15 is 0 Å². The van der Waals surface area contributed by atoms with Gasteiger partial charge in [-0.2, -0.15) is 0 Å². The van der Waals surface area contributed by atoms with Gasteiger partial charge in [0.1, 0.15) is 5.75 Å². The zero-order valence-corrected chi connectivity index (χ0v) is 9.91. The quantitative estimate of drug-likeness (QED) is 0.832. The van der Waals surface area contributed by atoms with Crippen LogP contribution in [-0.4, -0.2) is 10.9 Å². The van der Waals surface area contributed by atoms with Crippen LogP contribution in [-0.2, 0) is 0 Å². The maximum absolute atomic E-state index is 12.2. The van der Waals surface area contributed by atoms with Crippen LogP contribution >= 0.6 is 0 Å². The minimum atomic E-state index is 0.108. The summed E-state index contributed by atoms with van der Waals surface area (Å²) in [4.78, 5) is 12.2. The normalized spacial score (nSPS) is 21.6. The maximum atomic E-state index is 12.2. The molecule has 0 aliphatic heterocycles. The first-order valence-electron chi connectivity index (χ1n) is 6.14. The Balaban J connectivity index is 1.75. The molecule has 1 saturated carbocycles. The first-order valence-corrected chi connectivity index (χ1v) is 6.14. The molecule has 2 aromatic carbocycles. The molecular formula is C16H14O2. The lowest BCUT2D eigenvalue weighted by atomic mass is 10.0. The van der Waals surface area contributed by atoms with Gasteiger partial charge in [0.05, 0.1) is 0 Å². The Hall–Kier alpha value is -2.09. The second-order valence-corrected chi connectivity index (χ2v) is 4.77. The Labute approximate surface area is 106 Å². The van der Waals surface area contributed by atoms with Crippen molar-refractivity contribution in [2.75, 3.05) is 0 Å². The molecule has 0 aromatic heterocycles. The summed E-state index contributed by atoms with van der Waals surface area (Å²) in [5.41, 5.74) is 1.94. The minimum absolute atomic E-state index is 0.108. The Bertz CT molecular complexity index is 557. The zero-order valence-electron chi connectivity index (χ0n) is 9.91. The Morgan fingerprint density at radius 2 is 1.67 bits per heavy atom. The second kappa shape index (κ2) is 4.30. The molecule has 1 aliphatic carbocycles. The molecular weight excluding hydrogens is 224 g/mol. The van der Waals surface area contributed by atoms with Crippen LogP contribution in [0.5, 0.6) is 5.75 Å². The highest BCUT2D eigenvalue weighted by Gasteiger charge is 2.43. The van der Waals surface area contributed by atoms with Gasteiger partial charge in [-0.05, 0) is 42.2 Å². The second-order valence-electron chi connectivity index (χ2n) is 4.77. The fraction of sp³-hybridized carbons (Fsp3) is 0.188. The van der Waals surface area contributed by atoms with Gasteiger partial charge in [0, 0.05) is 11.5 Å². The lowest BCUT2D eigenvalue weighted by Gasteiger charge is -2.01. The molecule has 2 atom stereocenters. The number of hydrogen-bond acceptors (Lipinski definition) is 2. The van der Waals surface area contributed by atoms with Gasteiger partial charge in [0.2, 0.25) is 0 Å². The predicted octanol–water partition coefficient (Wildman–Crippen LogP) is 3.38. The van der Waals surface area contributed by atoms with E-state index in [-0.39, 0.29) is 17.5 Å². The van der Waals surface area contributed by atoms with E-state index in [0.29, 0.717) is 11.5 Å². The topological polar surface area (TPSA) is 37.3 Å². The van der Waals surface area contributed by atoms with Crippen LogP contribution in [0.1, 0.15) is 28.3 Å². The van der Waals surface area contributed by atoms with Crippen LogP contribution in [0, 0.1) is 5.92 Å². The fourth-order valence-electron chi connectivity index (χ4n) is 2.39. The molecule has 18 heavy (non-hydrogen) atoms. The summed E-state index contributed by atoms with van der Waals surface area (Å²) in [5, 5.41) is 9.21. The number of rotatable bonds is 3. The van der Waals surface area contributed by atoms with Crippen molar-refractivity contribution < 1.29 is 9.90 Å². The molecule has 90 valence electrons. The Morgan fingerprint density at radius 1 is 1.00 bits per heavy atom. The van der Waals surface area contributed by atoms with Gasteiger partial charge in [-0.1, -0.05) is 30.3 Å². The van der Waals surface area contributed by atoms with Crippen molar-refractivity contribution in [2.45, 2.75) is 12.3 Å². The fourth-order valence-corrected chi connectivity index (χ4v) is 2.39. The number of phenols is 1. The molecule has 0 saturated heterocycles. The average Bonchev–Trinajstić information content (AvgIpc) is 3.20. The van der Waals surface area contributed by atoms with Gasteiger partial charge >= 0.3 is 0 Å². The average molecular weight is 238 g/mol. The van der Waals surface area contributed by atoms with Crippen molar-refractivity contribution in [2.24, 2.45) is 5.92 Å². The summed E-state index contributed by atoms with van der Waals surface area (Å²) < 4.78 is 0. The predicted molar refractivity (Wildman–Crippen MR) is 69.7 cm³/mol.